The fourth-order valence-electron chi connectivity index (χ4n) is 3.14. The van der Waals surface area contributed by atoms with Crippen LogP contribution in [0.25, 0.3) is 0 Å². The highest BCUT2D eigenvalue weighted by atomic mass is 16.5. The number of para-hydroxylation sites is 1. The molecular formula is C22H27N3O4. The third-order valence-corrected chi connectivity index (χ3v) is 4.74. The molecule has 154 valence electrons. The second kappa shape index (κ2) is 10.6. The van der Waals surface area contributed by atoms with E-state index >= 15 is 0 Å². The average Bonchev–Trinajstić information content (AvgIpc) is 2.77. The van der Waals surface area contributed by atoms with Crippen molar-refractivity contribution in [2.75, 3.05) is 56.8 Å². The summed E-state index contributed by atoms with van der Waals surface area (Å²) in [5.74, 6) is -0.474. The molecule has 29 heavy (non-hydrogen) atoms. The molecule has 0 radical (unpaired) electrons. The number of anilines is 2. The number of morpholine rings is 1. The van der Waals surface area contributed by atoms with Gasteiger partial charge in [-0.15, -0.1) is 0 Å². The molecule has 2 N–H and O–H groups in total. The molecule has 2 aromatic rings. The largest absolute Gasteiger partial charge is 0.385 e. The molecule has 2 aromatic carbocycles. The van der Waals surface area contributed by atoms with Crippen LogP contribution in [0.1, 0.15) is 27.1 Å². The molecule has 1 heterocycles. The number of methoxy groups -OCH3 is 1. The Bertz CT molecular complexity index is 817. The summed E-state index contributed by atoms with van der Waals surface area (Å²) in [4.78, 5) is 27.4. The van der Waals surface area contributed by atoms with Crippen LogP contribution in [-0.4, -0.2) is 58.4 Å². The number of hydrogen-bond acceptors (Lipinski definition) is 5. The molecule has 0 saturated carbocycles. The Morgan fingerprint density at radius 2 is 1.76 bits per heavy atom. The van der Waals surface area contributed by atoms with Gasteiger partial charge in [0, 0.05) is 44.6 Å². The van der Waals surface area contributed by atoms with Crippen LogP contribution in [0, 0.1) is 0 Å². The molecule has 0 aromatic heterocycles. The van der Waals surface area contributed by atoms with Gasteiger partial charge in [0.2, 0.25) is 0 Å². The van der Waals surface area contributed by atoms with Crippen LogP contribution in [0.2, 0.25) is 0 Å². The molecule has 0 aliphatic carbocycles. The highest BCUT2D eigenvalue weighted by Gasteiger charge is 2.15. The van der Waals surface area contributed by atoms with E-state index in [1.165, 1.54) is 0 Å². The lowest BCUT2D eigenvalue weighted by Gasteiger charge is -2.28. The van der Waals surface area contributed by atoms with E-state index in [-0.39, 0.29) is 11.8 Å². The van der Waals surface area contributed by atoms with E-state index in [9.17, 15) is 9.59 Å². The van der Waals surface area contributed by atoms with Gasteiger partial charge in [-0.2, -0.15) is 0 Å². The van der Waals surface area contributed by atoms with Crippen LogP contribution in [0.4, 0.5) is 11.4 Å². The first-order valence-electron chi connectivity index (χ1n) is 9.79. The molecule has 0 spiro atoms. The van der Waals surface area contributed by atoms with Crippen molar-refractivity contribution in [1.29, 1.82) is 0 Å². The lowest BCUT2D eigenvalue weighted by Crippen LogP contribution is -2.36. The summed E-state index contributed by atoms with van der Waals surface area (Å²) >= 11 is 0. The zero-order valence-electron chi connectivity index (χ0n) is 16.6. The monoisotopic (exact) mass is 397 g/mol. The minimum atomic E-state index is -0.252. The predicted molar refractivity (Wildman–Crippen MR) is 113 cm³/mol. The van der Waals surface area contributed by atoms with Gasteiger partial charge in [0.1, 0.15) is 0 Å². The summed E-state index contributed by atoms with van der Waals surface area (Å²) in [7, 11) is 1.63. The smallest absolute Gasteiger partial charge is 0.255 e. The first kappa shape index (κ1) is 20.8. The molecular weight excluding hydrogens is 370 g/mol. The Kier molecular flexibility index (Phi) is 7.61. The van der Waals surface area contributed by atoms with E-state index in [0.717, 1.165) is 25.2 Å². The van der Waals surface area contributed by atoms with Gasteiger partial charge in [-0.05, 0) is 42.8 Å². The van der Waals surface area contributed by atoms with E-state index in [1.807, 2.05) is 12.1 Å². The Balaban J connectivity index is 1.63. The van der Waals surface area contributed by atoms with Crippen LogP contribution in [-0.2, 0) is 9.47 Å². The quantitative estimate of drug-likeness (QED) is 0.669. The third kappa shape index (κ3) is 5.79. The summed E-state index contributed by atoms with van der Waals surface area (Å²) < 4.78 is 10.4. The zero-order chi connectivity index (χ0) is 20.5. The molecule has 3 rings (SSSR count). The highest BCUT2D eigenvalue weighted by Crippen LogP contribution is 2.19. The van der Waals surface area contributed by atoms with Crippen molar-refractivity contribution in [3.05, 3.63) is 59.7 Å². The summed E-state index contributed by atoms with van der Waals surface area (Å²) in [6.07, 6.45) is 0.728. The molecule has 7 nitrogen and oxygen atoms in total. The maximum Gasteiger partial charge on any atom is 0.255 e. The average molecular weight is 397 g/mol. The number of amides is 2. The van der Waals surface area contributed by atoms with Gasteiger partial charge in [0.15, 0.2) is 0 Å². The van der Waals surface area contributed by atoms with Gasteiger partial charge < -0.3 is 25.0 Å². The maximum atomic E-state index is 12.7. The lowest BCUT2D eigenvalue weighted by molar-refractivity contribution is 0.0949. The normalized spacial score (nSPS) is 13.8. The van der Waals surface area contributed by atoms with Crippen molar-refractivity contribution in [2.24, 2.45) is 0 Å². The van der Waals surface area contributed by atoms with Crippen molar-refractivity contribution >= 4 is 23.2 Å². The number of carbonyl (C=O) groups is 2. The molecule has 0 unspecified atom stereocenters. The number of nitrogens with one attached hydrogen (secondary N) is 2. The van der Waals surface area contributed by atoms with Crippen LogP contribution in [0.15, 0.2) is 48.5 Å². The summed E-state index contributed by atoms with van der Waals surface area (Å²) in [6, 6.07) is 14.5. The molecule has 1 fully saturated rings. The fourth-order valence-corrected chi connectivity index (χ4v) is 3.14. The van der Waals surface area contributed by atoms with Crippen molar-refractivity contribution < 1.29 is 19.1 Å². The Morgan fingerprint density at radius 1 is 1.03 bits per heavy atom. The molecule has 1 aliphatic heterocycles. The van der Waals surface area contributed by atoms with Crippen LogP contribution < -0.4 is 15.5 Å². The molecule has 7 heteroatoms. The van der Waals surface area contributed by atoms with Gasteiger partial charge in [0.25, 0.3) is 11.8 Å². The van der Waals surface area contributed by atoms with Gasteiger partial charge in [-0.1, -0.05) is 12.1 Å². The zero-order valence-corrected chi connectivity index (χ0v) is 16.6. The summed E-state index contributed by atoms with van der Waals surface area (Å²) in [5, 5.41) is 5.70. The number of nitrogens with zero attached hydrogens (tertiary/aromatic N) is 1. The fraction of sp³-hybridized carbons (Fsp3) is 0.364. The van der Waals surface area contributed by atoms with E-state index in [4.69, 9.17) is 9.47 Å². The molecule has 1 saturated heterocycles. The molecule has 2 amide bonds. The first-order chi connectivity index (χ1) is 14.2. The van der Waals surface area contributed by atoms with Crippen LogP contribution >= 0.6 is 0 Å². The first-order valence-corrected chi connectivity index (χ1v) is 9.79. The van der Waals surface area contributed by atoms with Crippen molar-refractivity contribution in [3.63, 3.8) is 0 Å². The van der Waals surface area contributed by atoms with Gasteiger partial charge in [-0.25, -0.2) is 0 Å². The van der Waals surface area contributed by atoms with E-state index in [2.05, 4.69) is 15.5 Å². The minimum absolute atomic E-state index is 0.223. The molecule has 0 atom stereocenters. The van der Waals surface area contributed by atoms with Crippen molar-refractivity contribution in [2.45, 2.75) is 6.42 Å². The van der Waals surface area contributed by atoms with Gasteiger partial charge in [-0.3, -0.25) is 9.59 Å². The Labute approximate surface area is 171 Å². The van der Waals surface area contributed by atoms with Crippen LogP contribution in [0.5, 0.6) is 0 Å². The van der Waals surface area contributed by atoms with Gasteiger partial charge >= 0.3 is 0 Å². The van der Waals surface area contributed by atoms with E-state index < -0.39 is 0 Å². The van der Waals surface area contributed by atoms with E-state index in [0.29, 0.717) is 43.2 Å². The number of benzene rings is 2. The number of rotatable bonds is 8. The Morgan fingerprint density at radius 3 is 2.48 bits per heavy atom. The number of ether oxygens (including phenoxy) is 2. The maximum absolute atomic E-state index is 12.7. The number of hydrogen-bond donors (Lipinski definition) is 2. The highest BCUT2D eigenvalue weighted by molar-refractivity contribution is 6.09. The van der Waals surface area contributed by atoms with E-state index in [1.54, 1.807) is 43.5 Å². The molecule has 1 aliphatic rings. The van der Waals surface area contributed by atoms with Crippen molar-refractivity contribution in [1.82, 2.24) is 5.32 Å². The second-order valence-corrected chi connectivity index (χ2v) is 6.75. The summed E-state index contributed by atoms with van der Waals surface area (Å²) in [5.41, 5.74) is 2.53. The lowest BCUT2D eigenvalue weighted by atomic mass is 10.1. The second-order valence-electron chi connectivity index (χ2n) is 6.75. The number of carbonyl (C=O) groups excluding carboxylic acids is 2. The molecule has 0 bridgehead atoms. The Hall–Kier alpha value is -2.90. The summed E-state index contributed by atoms with van der Waals surface area (Å²) in [6.45, 7) is 4.22. The van der Waals surface area contributed by atoms with Gasteiger partial charge in [0.05, 0.1) is 24.5 Å². The standard InChI is InChI=1S/C22H27N3O4/c1-28-14-4-11-23-22(27)19-5-2-3-6-20(19)24-21(26)17-7-9-18(10-8-17)25-12-15-29-16-13-25/h2-3,5-10H,4,11-16H2,1H3,(H,23,27)(H,24,26). The topological polar surface area (TPSA) is 79.9 Å². The predicted octanol–water partition coefficient (Wildman–Crippen LogP) is 2.54. The van der Waals surface area contributed by atoms with Crippen LogP contribution in [0.3, 0.4) is 0 Å². The third-order valence-electron chi connectivity index (χ3n) is 4.74. The SMILES string of the molecule is COCCCNC(=O)c1ccccc1NC(=O)c1ccc(N2CCOCC2)cc1. The minimum Gasteiger partial charge on any atom is -0.385 e. The van der Waals surface area contributed by atoms with Crippen molar-refractivity contribution in [3.8, 4) is 0 Å².